The topological polar surface area (TPSA) is 166 Å². The molecule has 2 heterocycles. The Morgan fingerprint density at radius 1 is 0.893 bits per heavy atom. The van der Waals surface area contributed by atoms with Crippen molar-refractivity contribution < 1.29 is 43.8 Å². The molecule has 3 fully saturated rings. The number of halogens is 3. The zero-order valence-corrected chi connectivity index (χ0v) is 33.5. The Bertz CT molecular complexity index is 2360. The van der Waals surface area contributed by atoms with E-state index in [0.717, 1.165) is 9.91 Å². The van der Waals surface area contributed by atoms with Gasteiger partial charge in [0.15, 0.2) is 11.5 Å². The molecule has 2 aliphatic heterocycles. The molecule has 2 saturated heterocycles. The van der Waals surface area contributed by atoms with E-state index in [2.05, 4.69) is 5.43 Å². The summed E-state index contributed by atoms with van der Waals surface area (Å²) in [6.45, 7) is 0. The molecule has 0 unspecified atom stereocenters. The zero-order chi connectivity index (χ0) is 39.8. The molecule has 4 aromatic rings. The first kappa shape index (κ1) is 38.3. The summed E-state index contributed by atoms with van der Waals surface area (Å²) in [5, 5.41) is 32.2. The van der Waals surface area contributed by atoms with Crippen LogP contribution in [0.25, 0.3) is 0 Å². The van der Waals surface area contributed by atoms with Crippen LogP contribution in [0.5, 0.6) is 17.2 Å². The monoisotopic (exact) mass is 907 g/mol. The van der Waals surface area contributed by atoms with Crippen molar-refractivity contribution in [3.8, 4) is 17.2 Å². The van der Waals surface area contributed by atoms with Crippen molar-refractivity contribution in [2.24, 2.45) is 23.7 Å². The van der Waals surface area contributed by atoms with E-state index < -0.39 is 65.8 Å². The molecule has 0 bridgehead atoms. The number of nitrogens with zero attached hydrogens (tertiary/aromatic N) is 2. The lowest BCUT2D eigenvalue weighted by Gasteiger charge is -2.50. The standard InChI is InChI=1S/C40H33BCl2IN3O9/c1-55-24-9-6-20(7-10-24)40-28(37(50)47(39(40)52)45-31-13-8-22(42)17-29(31)43)18-27-25(34(40)19-14-30(44)35(48)32(15-19)56-2)11-12-26-33(27)38(51)46(36(26)49)23-5-3-4-21(16-23)41(53)54/h3-11,13-17,26-28,33-34,45,48,53-54H,12,18H2,1-2H3/t26-,27+,28-,33-,34-,40+/m0/s1. The number of carbonyl (C=O) groups is 4. The first-order chi connectivity index (χ1) is 26.8. The number of rotatable bonds is 8. The summed E-state index contributed by atoms with van der Waals surface area (Å²) in [4.78, 5) is 60.4. The highest BCUT2D eigenvalue weighted by Crippen LogP contribution is 2.64. The summed E-state index contributed by atoms with van der Waals surface area (Å²) >= 11 is 14.7. The van der Waals surface area contributed by atoms with Gasteiger partial charge in [0.1, 0.15) is 5.75 Å². The summed E-state index contributed by atoms with van der Waals surface area (Å²) < 4.78 is 11.5. The van der Waals surface area contributed by atoms with Gasteiger partial charge in [-0.05, 0) is 113 Å². The average molecular weight is 908 g/mol. The number of allylic oxidation sites excluding steroid dienone is 2. The lowest BCUT2D eigenvalue weighted by molar-refractivity contribution is -0.138. The van der Waals surface area contributed by atoms with Crippen LogP contribution in [0.15, 0.2) is 90.5 Å². The Morgan fingerprint density at radius 2 is 1.64 bits per heavy atom. The molecule has 0 aromatic heterocycles. The van der Waals surface area contributed by atoms with Gasteiger partial charge in [-0.15, -0.1) is 0 Å². The zero-order valence-electron chi connectivity index (χ0n) is 29.8. The smallest absolute Gasteiger partial charge is 0.488 e. The molecule has 4 aromatic carbocycles. The SMILES string of the molecule is COc1ccc([C@@]23C(=O)N(Nc4ccc(Cl)cc4Cl)C(=O)[C@@H]2C[C@@H]2C(=CC[C@@H]4C(=O)N(c5cccc(B(O)O)c5)C(=O)[C@@H]42)[C@@H]3c2cc(I)c(O)c(OC)c2)cc1. The van der Waals surface area contributed by atoms with E-state index in [-0.39, 0.29) is 46.2 Å². The van der Waals surface area contributed by atoms with Crippen molar-refractivity contribution in [3.05, 3.63) is 115 Å². The van der Waals surface area contributed by atoms with Crippen molar-refractivity contribution in [1.29, 1.82) is 0 Å². The van der Waals surface area contributed by atoms with Crippen molar-refractivity contribution in [2.75, 3.05) is 24.5 Å². The minimum absolute atomic E-state index is 0.0290. The van der Waals surface area contributed by atoms with Crippen LogP contribution < -0.4 is 25.3 Å². The summed E-state index contributed by atoms with van der Waals surface area (Å²) in [6, 6.07) is 20.9. The molecule has 1 saturated carbocycles. The van der Waals surface area contributed by atoms with Crippen LogP contribution in [0.2, 0.25) is 10.0 Å². The van der Waals surface area contributed by atoms with E-state index in [1.165, 1.54) is 38.5 Å². The number of aromatic hydroxyl groups is 1. The normalized spacial score (nSPS) is 25.4. The van der Waals surface area contributed by atoms with Crippen molar-refractivity contribution in [2.45, 2.75) is 24.2 Å². The van der Waals surface area contributed by atoms with E-state index in [9.17, 15) is 24.7 Å². The number of benzene rings is 4. The highest BCUT2D eigenvalue weighted by atomic mass is 127. The van der Waals surface area contributed by atoms with Crippen LogP contribution in [0, 0.1) is 27.2 Å². The van der Waals surface area contributed by atoms with Crippen molar-refractivity contribution >= 4 is 93.4 Å². The van der Waals surface area contributed by atoms with Gasteiger partial charge in [0.05, 0.1) is 57.4 Å². The van der Waals surface area contributed by atoms with E-state index in [1.54, 1.807) is 54.6 Å². The van der Waals surface area contributed by atoms with Gasteiger partial charge < -0.3 is 24.6 Å². The molecule has 12 nitrogen and oxygen atoms in total. The minimum Gasteiger partial charge on any atom is -0.504 e. The van der Waals surface area contributed by atoms with Gasteiger partial charge in [-0.3, -0.25) is 29.5 Å². The van der Waals surface area contributed by atoms with Crippen LogP contribution in [0.4, 0.5) is 11.4 Å². The number of fused-ring (bicyclic) bond motifs is 4. The van der Waals surface area contributed by atoms with E-state index in [4.69, 9.17) is 32.7 Å². The highest BCUT2D eigenvalue weighted by Gasteiger charge is 2.70. The number of hydrogen-bond acceptors (Lipinski definition) is 10. The number of amides is 4. The Hall–Kier alpha value is -4.61. The summed E-state index contributed by atoms with van der Waals surface area (Å²) in [6.07, 6.45) is 2.11. The molecule has 56 heavy (non-hydrogen) atoms. The third kappa shape index (κ3) is 5.79. The lowest BCUT2D eigenvalue weighted by atomic mass is 9.49. The van der Waals surface area contributed by atoms with Crippen LogP contribution in [-0.2, 0) is 24.6 Å². The third-order valence-electron chi connectivity index (χ3n) is 11.6. The molecule has 4 N–H and O–H groups in total. The molecular weight excluding hydrogens is 875 g/mol. The number of nitrogens with one attached hydrogen (secondary N) is 1. The summed E-state index contributed by atoms with van der Waals surface area (Å²) in [5.74, 6) is -5.86. The molecule has 0 radical (unpaired) electrons. The molecule has 2 aliphatic carbocycles. The Labute approximate surface area is 345 Å². The van der Waals surface area contributed by atoms with Crippen LogP contribution >= 0.6 is 45.8 Å². The third-order valence-corrected chi connectivity index (χ3v) is 13.0. The minimum atomic E-state index is -1.82. The predicted octanol–water partition coefficient (Wildman–Crippen LogP) is 5.19. The molecule has 8 rings (SSSR count). The first-order valence-electron chi connectivity index (χ1n) is 17.7. The van der Waals surface area contributed by atoms with E-state index >= 15 is 9.59 Å². The van der Waals surface area contributed by atoms with E-state index in [1.807, 2.05) is 28.7 Å². The molecule has 4 aliphatic rings. The number of methoxy groups -OCH3 is 2. The van der Waals surface area contributed by atoms with Gasteiger partial charge in [-0.2, -0.15) is 5.01 Å². The second-order valence-electron chi connectivity index (χ2n) is 14.2. The Balaban J connectivity index is 1.34. The number of imide groups is 2. The highest BCUT2D eigenvalue weighted by molar-refractivity contribution is 14.1. The molecule has 4 amide bonds. The predicted molar refractivity (Wildman–Crippen MR) is 217 cm³/mol. The fraction of sp³-hybridized carbons (Fsp3) is 0.250. The number of anilines is 2. The second-order valence-corrected chi connectivity index (χ2v) is 16.3. The maximum absolute atomic E-state index is 15.5. The summed E-state index contributed by atoms with van der Waals surface area (Å²) in [5.41, 5.74) is 3.67. The first-order valence-corrected chi connectivity index (χ1v) is 19.5. The Kier molecular flexibility index (Phi) is 9.84. The molecular formula is C40H33BCl2IN3O9. The molecule has 286 valence electrons. The molecule has 6 atom stereocenters. The van der Waals surface area contributed by atoms with Gasteiger partial charge in [-0.1, -0.05) is 59.1 Å². The quantitative estimate of drug-likeness (QED) is 0.0801. The lowest BCUT2D eigenvalue weighted by Crippen LogP contribution is -2.53. The largest absolute Gasteiger partial charge is 0.504 e. The number of phenolic OH excluding ortho intramolecular Hbond substituents is 1. The molecule has 16 heteroatoms. The number of carbonyl (C=O) groups excluding carboxylic acids is 4. The van der Waals surface area contributed by atoms with Gasteiger partial charge in [0.25, 0.3) is 11.8 Å². The fourth-order valence-electron chi connectivity index (χ4n) is 9.21. The molecule has 0 spiro atoms. The maximum Gasteiger partial charge on any atom is 0.488 e. The number of phenols is 1. The number of ether oxygens (including phenoxy) is 2. The van der Waals surface area contributed by atoms with Gasteiger partial charge in [-0.25, -0.2) is 0 Å². The van der Waals surface area contributed by atoms with E-state index in [0.29, 0.717) is 31.0 Å². The number of hydrogen-bond donors (Lipinski definition) is 4. The van der Waals surface area contributed by atoms with Crippen molar-refractivity contribution in [3.63, 3.8) is 0 Å². The van der Waals surface area contributed by atoms with Gasteiger partial charge in [0.2, 0.25) is 11.8 Å². The van der Waals surface area contributed by atoms with Crippen molar-refractivity contribution in [1.82, 2.24) is 5.01 Å². The van der Waals surface area contributed by atoms with Gasteiger partial charge in [0, 0.05) is 10.9 Å². The average Bonchev–Trinajstić information content (AvgIpc) is 3.57. The maximum atomic E-state index is 15.5. The van der Waals surface area contributed by atoms with Crippen LogP contribution in [-0.4, -0.2) is 65.1 Å². The second kappa shape index (κ2) is 14.4. The fourth-order valence-corrected chi connectivity index (χ4v) is 10.3. The van der Waals surface area contributed by atoms with Crippen LogP contribution in [0.1, 0.15) is 29.9 Å². The van der Waals surface area contributed by atoms with Crippen LogP contribution in [0.3, 0.4) is 0 Å². The van der Waals surface area contributed by atoms with Gasteiger partial charge >= 0.3 is 7.12 Å². The number of hydrazine groups is 1. The summed E-state index contributed by atoms with van der Waals surface area (Å²) in [7, 11) is 1.12. The Morgan fingerprint density at radius 3 is 2.32 bits per heavy atom.